The molecule has 0 amide bonds. The second-order valence-corrected chi connectivity index (χ2v) is 4.94. The first-order chi connectivity index (χ1) is 8.36. The van der Waals surface area contributed by atoms with Crippen LogP contribution >= 0.6 is 0 Å². The van der Waals surface area contributed by atoms with Crippen molar-refractivity contribution in [3.05, 3.63) is 0 Å². The highest BCUT2D eigenvalue weighted by atomic mass is 16.5. The molecule has 0 atom stereocenters. The van der Waals surface area contributed by atoms with Gasteiger partial charge >= 0.3 is 6.01 Å². The zero-order valence-electron chi connectivity index (χ0n) is 11.6. The normalized spacial score (nSPS) is 11.5. The van der Waals surface area contributed by atoms with E-state index in [-0.39, 0.29) is 23.6 Å². The monoisotopic (exact) mass is 254 g/mol. The minimum absolute atomic E-state index is 0.00920. The van der Waals surface area contributed by atoms with Gasteiger partial charge in [-0.3, -0.25) is 5.43 Å². The molecule has 0 bridgehead atoms. The average Bonchev–Trinajstić information content (AvgIpc) is 2.27. The smallest absolute Gasteiger partial charge is 0.323 e. The summed E-state index contributed by atoms with van der Waals surface area (Å²) >= 11 is 0. The van der Waals surface area contributed by atoms with Crippen molar-refractivity contribution in [1.82, 2.24) is 15.0 Å². The number of nitrogens with one attached hydrogen (secondary N) is 2. The largest absolute Gasteiger partial charge is 0.461 e. The third-order valence-corrected chi connectivity index (χ3v) is 2.42. The van der Waals surface area contributed by atoms with E-state index in [0.29, 0.717) is 5.95 Å². The molecular formula is C11H22N6O. The van der Waals surface area contributed by atoms with Gasteiger partial charge in [0.15, 0.2) is 0 Å². The Kier molecular flexibility index (Phi) is 4.66. The summed E-state index contributed by atoms with van der Waals surface area (Å²) in [5, 5.41) is 3.22. The van der Waals surface area contributed by atoms with Gasteiger partial charge in [0.25, 0.3) is 0 Å². The minimum atomic E-state index is -0.109. The molecule has 7 nitrogen and oxygen atoms in total. The number of hydrogen-bond acceptors (Lipinski definition) is 7. The van der Waals surface area contributed by atoms with Crippen molar-refractivity contribution in [2.75, 3.05) is 10.7 Å². The maximum atomic E-state index is 5.45. The number of nitrogen functional groups attached to an aromatic ring is 1. The number of hydrogen-bond donors (Lipinski definition) is 3. The Morgan fingerprint density at radius 2 is 1.83 bits per heavy atom. The number of nitrogens with zero attached hydrogens (tertiary/aromatic N) is 3. The first kappa shape index (κ1) is 14.4. The lowest BCUT2D eigenvalue weighted by atomic mass is 10.0. The van der Waals surface area contributed by atoms with Gasteiger partial charge in [-0.05, 0) is 34.1 Å². The summed E-state index contributed by atoms with van der Waals surface area (Å²) < 4.78 is 5.45. The van der Waals surface area contributed by atoms with Crippen molar-refractivity contribution in [2.24, 2.45) is 5.84 Å². The van der Waals surface area contributed by atoms with Gasteiger partial charge in [-0.25, -0.2) is 5.84 Å². The van der Waals surface area contributed by atoms with Crippen LogP contribution in [0.3, 0.4) is 0 Å². The van der Waals surface area contributed by atoms with Crippen LogP contribution in [0.25, 0.3) is 0 Å². The lowest BCUT2D eigenvalue weighted by Gasteiger charge is -2.24. The van der Waals surface area contributed by atoms with Crippen LogP contribution in [0, 0.1) is 0 Å². The average molecular weight is 254 g/mol. The summed E-state index contributed by atoms with van der Waals surface area (Å²) in [6.45, 7) is 10.0. The quantitative estimate of drug-likeness (QED) is 0.523. The fraction of sp³-hybridized carbons (Fsp3) is 0.727. The third kappa shape index (κ3) is 4.33. The van der Waals surface area contributed by atoms with Crippen LogP contribution in [-0.2, 0) is 0 Å². The molecule has 1 rings (SSSR count). The van der Waals surface area contributed by atoms with Gasteiger partial charge in [0.1, 0.15) is 0 Å². The first-order valence-corrected chi connectivity index (χ1v) is 6.04. The lowest BCUT2D eigenvalue weighted by Crippen LogP contribution is -2.31. The molecule has 18 heavy (non-hydrogen) atoms. The van der Waals surface area contributed by atoms with Gasteiger partial charge in [-0.15, -0.1) is 0 Å². The fourth-order valence-electron chi connectivity index (χ4n) is 1.13. The molecule has 1 heterocycles. The van der Waals surface area contributed by atoms with E-state index in [1.807, 2.05) is 13.8 Å². The van der Waals surface area contributed by atoms with Crippen molar-refractivity contribution in [1.29, 1.82) is 0 Å². The number of aromatic nitrogens is 3. The van der Waals surface area contributed by atoms with Crippen molar-refractivity contribution in [3.8, 4) is 6.01 Å². The van der Waals surface area contributed by atoms with E-state index >= 15 is 0 Å². The van der Waals surface area contributed by atoms with E-state index in [1.54, 1.807) is 0 Å². The van der Waals surface area contributed by atoms with Crippen LogP contribution < -0.4 is 21.3 Å². The Balaban J connectivity index is 2.97. The molecule has 0 saturated heterocycles. The molecule has 0 unspecified atom stereocenters. The van der Waals surface area contributed by atoms with Gasteiger partial charge in [0.2, 0.25) is 11.9 Å². The Morgan fingerprint density at radius 1 is 1.22 bits per heavy atom. The molecule has 0 fully saturated rings. The predicted molar refractivity (Wildman–Crippen MR) is 71.4 cm³/mol. The van der Waals surface area contributed by atoms with E-state index in [9.17, 15) is 0 Å². The molecule has 1 aromatic rings. The van der Waals surface area contributed by atoms with Crippen molar-refractivity contribution >= 4 is 11.9 Å². The highest BCUT2D eigenvalue weighted by molar-refractivity contribution is 5.36. The molecule has 4 N–H and O–H groups in total. The Bertz CT molecular complexity index is 393. The highest BCUT2D eigenvalue weighted by Crippen LogP contribution is 2.17. The molecule has 0 radical (unpaired) electrons. The van der Waals surface area contributed by atoms with E-state index < -0.39 is 0 Å². The molecule has 0 aliphatic rings. The third-order valence-electron chi connectivity index (χ3n) is 2.42. The molecule has 0 aromatic carbocycles. The van der Waals surface area contributed by atoms with Gasteiger partial charge in [-0.2, -0.15) is 15.0 Å². The summed E-state index contributed by atoms with van der Waals surface area (Å²) in [5.74, 6) is 6.05. The molecule has 1 aromatic heterocycles. The van der Waals surface area contributed by atoms with Gasteiger partial charge in [0.05, 0.1) is 6.10 Å². The Labute approximate surface area is 108 Å². The SMILES string of the molecule is CCC(C)(C)Nc1nc(NN)nc(OC(C)C)n1. The summed E-state index contributed by atoms with van der Waals surface area (Å²) in [6.07, 6.45) is 0.926. The zero-order chi connectivity index (χ0) is 13.8. The van der Waals surface area contributed by atoms with Crippen molar-refractivity contribution < 1.29 is 4.74 Å². The summed E-state index contributed by atoms with van der Waals surface area (Å²) in [4.78, 5) is 12.4. The first-order valence-electron chi connectivity index (χ1n) is 6.04. The van der Waals surface area contributed by atoms with Gasteiger partial charge in [-0.1, -0.05) is 6.92 Å². The summed E-state index contributed by atoms with van der Waals surface area (Å²) in [7, 11) is 0. The van der Waals surface area contributed by atoms with Crippen LogP contribution in [0.5, 0.6) is 6.01 Å². The van der Waals surface area contributed by atoms with E-state index in [0.717, 1.165) is 6.42 Å². The molecule has 102 valence electrons. The predicted octanol–water partition coefficient (Wildman–Crippen LogP) is 1.54. The summed E-state index contributed by atoms with van der Waals surface area (Å²) in [5.41, 5.74) is 2.29. The van der Waals surface area contributed by atoms with Crippen molar-refractivity contribution in [3.63, 3.8) is 0 Å². The van der Waals surface area contributed by atoms with E-state index in [2.05, 4.69) is 46.5 Å². The number of rotatable bonds is 6. The molecule has 0 spiro atoms. The second kappa shape index (κ2) is 5.81. The molecule has 7 heteroatoms. The van der Waals surface area contributed by atoms with Crippen LogP contribution in [0.1, 0.15) is 41.0 Å². The van der Waals surface area contributed by atoms with E-state index in [4.69, 9.17) is 10.6 Å². The van der Waals surface area contributed by atoms with Crippen molar-refractivity contribution in [2.45, 2.75) is 52.7 Å². The zero-order valence-corrected chi connectivity index (χ0v) is 11.6. The van der Waals surface area contributed by atoms with Crippen LogP contribution in [0.2, 0.25) is 0 Å². The number of hydrazine groups is 1. The highest BCUT2D eigenvalue weighted by Gasteiger charge is 2.17. The molecule has 0 aliphatic heterocycles. The van der Waals surface area contributed by atoms with Gasteiger partial charge < -0.3 is 10.1 Å². The lowest BCUT2D eigenvalue weighted by molar-refractivity contribution is 0.222. The standard InChI is InChI=1S/C11H22N6O/c1-6-11(4,5)16-8-13-9(17-12)15-10(14-8)18-7(2)3/h7H,6,12H2,1-5H3,(H2,13,14,15,16,17). The van der Waals surface area contributed by atoms with Crippen LogP contribution in [0.4, 0.5) is 11.9 Å². The minimum Gasteiger partial charge on any atom is -0.461 e. The summed E-state index contributed by atoms with van der Waals surface area (Å²) in [6, 6.07) is 0.252. The molecular weight excluding hydrogens is 232 g/mol. The maximum absolute atomic E-state index is 5.45. The van der Waals surface area contributed by atoms with E-state index in [1.165, 1.54) is 0 Å². The second-order valence-electron chi connectivity index (χ2n) is 4.94. The maximum Gasteiger partial charge on any atom is 0.323 e. The van der Waals surface area contributed by atoms with Crippen LogP contribution in [-0.4, -0.2) is 26.6 Å². The Morgan fingerprint density at radius 3 is 2.33 bits per heavy atom. The molecule has 0 aliphatic carbocycles. The Hall–Kier alpha value is -1.63. The number of ether oxygens (including phenoxy) is 1. The van der Waals surface area contributed by atoms with Crippen LogP contribution in [0.15, 0.2) is 0 Å². The molecule has 0 saturated carbocycles. The number of nitrogens with two attached hydrogens (primary N) is 1. The number of anilines is 2. The topological polar surface area (TPSA) is 98.0 Å². The fourth-order valence-corrected chi connectivity index (χ4v) is 1.13. The van der Waals surface area contributed by atoms with Gasteiger partial charge in [0, 0.05) is 5.54 Å².